The average Bonchev–Trinajstić information content (AvgIpc) is 2.26. The molecule has 2 atom stereocenters. The highest BCUT2D eigenvalue weighted by Gasteiger charge is 2.24. The summed E-state index contributed by atoms with van der Waals surface area (Å²) in [7, 11) is 1.26. The fourth-order valence-electron chi connectivity index (χ4n) is 1.38. The zero-order valence-corrected chi connectivity index (χ0v) is 9.66. The zero-order chi connectivity index (χ0) is 12.6. The number of rotatable bonds is 6. The van der Waals surface area contributed by atoms with E-state index >= 15 is 0 Å². The molecule has 2 unspecified atom stereocenters. The topological polar surface area (TPSA) is 43.4 Å². The maximum atomic E-state index is 11.3. The van der Waals surface area contributed by atoms with E-state index in [1.54, 1.807) is 0 Å². The van der Waals surface area contributed by atoms with E-state index in [9.17, 15) is 9.59 Å². The van der Waals surface area contributed by atoms with E-state index in [4.69, 9.17) is 12.8 Å². The first kappa shape index (κ1) is 14.3. The fraction of sp³-hybridized carbons (Fsp3) is 0.538. The van der Waals surface area contributed by atoms with Crippen LogP contribution in [0.3, 0.4) is 0 Å². The van der Waals surface area contributed by atoms with Crippen molar-refractivity contribution in [2.45, 2.75) is 26.2 Å². The molecule has 3 nitrogen and oxygen atoms in total. The number of hydrogen-bond donors (Lipinski definition) is 0. The minimum Gasteiger partial charge on any atom is -0.468 e. The summed E-state index contributed by atoms with van der Waals surface area (Å²) in [6.45, 7) is 1.37. The van der Waals surface area contributed by atoms with Crippen LogP contribution >= 0.6 is 0 Å². The second kappa shape index (κ2) is 7.54. The lowest BCUT2D eigenvalue weighted by molar-refractivity contribution is -0.149. The number of methoxy groups -OCH3 is 1. The molecule has 0 fully saturated rings. The standard InChI is InChI=1S/C13H16O3/c1-5-7-11(6-2)8-9-12(10(3)14)13(15)16-4/h1-2,11-12H,7-9H2,3-4H3. The quantitative estimate of drug-likeness (QED) is 0.386. The number of hydrogen-bond acceptors (Lipinski definition) is 3. The van der Waals surface area contributed by atoms with Gasteiger partial charge in [0.05, 0.1) is 7.11 Å². The van der Waals surface area contributed by atoms with E-state index in [2.05, 4.69) is 16.6 Å². The molecule has 0 bridgehead atoms. The van der Waals surface area contributed by atoms with Crippen molar-refractivity contribution in [2.24, 2.45) is 11.8 Å². The molecule has 16 heavy (non-hydrogen) atoms. The molecule has 0 amide bonds. The first-order valence-electron chi connectivity index (χ1n) is 5.04. The molecule has 0 aromatic carbocycles. The number of esters is 1. The second-order valence-electron chi connectivity index (χ2n) is 3.54. The molecule has 0 rings (SSSR count). The molecule has 0 radical (unpaired) electrons. The molecule has 0 spiro atoms. The molecule has 0 heterocycles. The van der Waals surface area contributed by atoms with E-state index in [-0.39, 0.29) is 11.7 Å². The Morgan fingerprint density at radius 2 is 1.94 bits per heavy atom. The lowest BCUT2D eigenvalue weighted by atomic mass is 9.92. The first-order valence-corrected chi connectivity index (χ1v) is 5.04. The number of ether oxygens (including phenoxy) is 1. The van der Waals surface area contributed by atoms with Gasteiger partial charge in [-0.3, -0.25) is 9.59 Å². The predicted molar refractivity (Wildman–Crippen MR) is 61.2 cm³/mol. The van der Waals surface area contributed by atoms with Crippen molar-refractivity contribution in [1.29, 1.82) is 0 Å². The van der Waals surface area contributed by atoms with Gasteiger partial charge in [-0.15, -0.1) is 24.7 Å². The minimum atomic E-state index is -0.723. The molecule has 86 valence electrons. The second-order valence-corrected chi connectivity index (χ2v) is 3.54. The lowest BCUT2D eigenvalue weighted by Crippen LogP contribution is -2.23. The predicted octanol–water partition coefficient (Wildman–Crippen LogP) is 1.42. The summed E-state index contributed by atoms with van der Waals surface area (Å²) in [5.74, 6) is 3.49. The molecule has 0 saturated carbocycles. The van der Waals surface area contributed by atoms with Crippen molar-refractivity contribution in [2.75, 3.05) is 7.11 Å². The van der Waals surface area contributed by atoms with Gasteiger partial charge >= 0.3 is 5.97 Å². The van der Waals surface area contributed by atoms with Gasteiger partial charge in [0.15, 0.2) is 0 Å². The van der Waals surface area contributed by atoms with Crippen LogP contribution in [-0.2, 0) is 14.3 Å². The van der Waals surface area contributed by atoms with Gasteiger partial charge in [-0.05, 0) is 19.8 Å². The molecule has 0 aliphatic rings. The number of Topliss-reactive ketones (excluding diaryl/α,β-unsaturated/α-hetero) is 1. The van der Waals surface area contributed by atoms with Crippen molar-refractivity contribution < 1.29 is 14.3 Å². The van der Waals surface area contributed by atoms with Gasteiger partial charge in [0.1, 0.15) is 11.7 Å². The van der Waals surface area contributed by atoms with Crippen LogP contribution in [-0.4, -0.2) is 18.9 Å². The van der Waals surface area contributed by atoms with Crippen LogP contribution in [0.1, 0.15) is 26.2 Å². The zero-order valence-electron chi connectivity index (χ0n) is 9.66. The van der Waals surface area contributed by atoms with E-state index in [0.717, 1.165) is 0 Å². The summed E-state index contributed by atoms with van der Waals surface area (Å²) in [5.41, 5.74) is 0. The van der Waals surface area contributed by atoms with Crippen LogP contribution in [0.2, 0.25) is 0 Å². The Bertz CT molecular complexity index is 330. The summed E-state index contributed by atoms with van der Waals surface area (Å²) in [6.07, 6.45) is 11.8. The Balaban J connectivity index is 4.34. The van der Waals surface area contributed by atoms with Crippen molar-refractivity contribution in [3.05, 3.63) is 0 Å². The van der Waals surface area contributed by atoms with Gasteiger partial charge in [0.25, 0.3) is 0 Å². The maximum Gasteiger partial charge on any atom is 0.316 e. The van der Waals surface area contributed by atoms with Crippen LogP contribution in [0.4, 0.5) is 0 Å². The van der Waals surface area contributed by atoms with Crippen molar-refractivity contribution in [1.82, 2.24) is 0 Å². The van der Waals surface area contributed by atoms with Crippen LogP contribution in [0.15, 0.2) is 0 Å². The van der Waals surface area contributed by atoms with Crippen molar-refractivity contribution in [3.63, 3.8) is 0 Å². The molecule has 0 aliphatic heterocycles. The maximum absolute atomic E-state index is 11.3. The van der Waals surface area contributed by atoms with Crippen LogP contribution < -0.4 is 0 Å². The summed E-state index contributed by atoms with van der Waals surface area (Å²) >= 11 is 0. The highest BCUT2D eigenvalue weighted by atomic mass is 16.5. The summed E-state index contributed by atoms with van der Waals surface area (Å²) < 4.78 is 4.55. The number of terminal acetylenes is 2. The molecule has 0 aromatic rings. The Labute approximate surface area is 96.6 Å². The Morgan fingerprint density at radius 1 is 1.31 bits per heavy atom. The monoisotopic (exact) mass is 220 g/mol. The molecule has 0 saturated heterocycles. The van der Waals surface area contributed by atoms with Crippen molar-refractivity contribution >= 4 is 11.8 Å². The molecule has 3 heteroatoms. The third-order valence-electron chi connectivity index (χ3n) is 2.38. The first-order chi connectivity index (χ1) is 7.56. The Kier molecular flexibility index (Phi) is 6.72. The highest BCUT2D eigenvalue weighted by Crippen LogP contribution is 2.17. The largest absolute Gasteiger partial charge is 0.468 e. The average molecular weight is 220 g/mol. The Hall–Kier alpha value is -1.74. The van der Waals surface area contributed by atoms with Gasteiger partial charge in [-0.1, -0.05) is 0 Å². The van der Waals surface area contributed by atoms with Crippen molar-refractivity contribution in [3.8, 4) is 24.7 Å². The van der Waals surface area contributed by atoms with Crippen LogP contribution in [0, 0.1) is 36.5 Å². The number of carbonyl (C=O) groups is 2. The molecular weight excluding hydrogens is 204 g/mol. The normalized spacial score (nSPS) is 13.0. The molecule has 0 N–H and O–H groups in total. The van der Waals surface area contributed by atoms with Crippen LogP contribution in [0.5, 0.6) is 0 Å². The van der Waals surface area contributed by atoms with E-state index in [0.29, 0.717) is 19.3 Å². The summed E-state index contributed by atoms with van der Waals surface area (Å²) in [4.78, 5) is 22.5. The summed E-state index contributed by atoms with van der Waals surface area (Å²) in [6, 6.07) is 0. The highest BCUT2D eigenvalue weighted by molar-refractivity contribution is 5.97. The third kappa shape index (κ3) is 4.66. The molecular formula is C13H16O3. The van der Waals surface area contributed by atoms with E-state index < -0.39 is 11.9 Å². The van der Waals surface area contributed by atoms with Gasteiger partial charge in [0, 0.05) is 12.3 Å². The summed E-state index contributed by atoms with van der Waals surface area (Å²) in [5, 5.41) is 0. The molecule has 0 aromatic heterocycles. The fourth-order valence-corrected chi connectivity index (χ4v) is 1.38. The van der Waals surface area contributed by atoms with Gasteiger partial charge in [-0.25, -0.2) is 0 Å². The van der Waals surface area contributed by atoms with Gasteiger partial charge in [0.2, 0.25) is 0 Å². The van der Waals surface area contributed by atoms with Crippen LogP contribution in [0.25, 0.3) is 0 Å². The number of ketones is 1. The third-order valence-corrected chi connectivity index (χ3v) is 2.38. The lowest BCUT2D eigenvalue weighted by Gasteiger charge is -2.13. The van der Waals surface area contributed by atoms with E-state index in [1.165, 1.54) is 14.0 Å². The SMILES string of the molecule is C#CCC(C#C)CCC(C(C)=O)C(=O)OC. The number of carbonyl (C=O) groups excluding carboxylic acids is 2. The molecule has 0 aliphatic carbocycles. The Morgan fingerprint density at radius 3 is 2.31 bits per heavy atom. The van der Waals surface area contributed by atoms with Gasteiger partial charge in [-0.2, -0.15) is 0 Å². The minimum absolute atomic E-state index is 0.0866. The smallest absolute Gasteiger partial charge is 0.316 e. The van der Waals surface area contributed by atoms with Gasteiger partial charge < -0.3 is 4.74 Å². The van der Waals surface area contributed by atoms with E-state index in [1.807, 2.05) is 0 Å².